The first-order valence-electron chi connectivity index (χ1n) is 6.16. The smallest absolute Gasteiger partial charge is 0.149 e. The summed E-state index contributed by atoms with van der Waals surface area (Å²) >= 11 is 0. The average Bonchev–Trinajstić information content (AvgIpc) is 3.11. The van der Waals surface area contributed by atoms with Crippen molar-refractivity contribution in [3.05, 3.63) is 17.8 Å². The number of rotatable bonds is 4. The average molecular weight is 217 g/mol. The molecule has 0 aliphatic heterocycles. The maximum absolute atomic E-state index is 5.94. The van der Waals surface area contributed by atoms with E-state index in [0.717, 1.165) is 29.5 Å². The van der Waals surface area contributed by atoms with Crippen LogP contribution in [0.15, 0.2) is 12.3 Å². The molecule has 3 nitrogen and oxygen atoms in total. The van der Waals surface area contributed by atoms with Crippen molar-refractivity contribution >= 4 is 11.5 Å². The molecule has 3 heteroatoms. The summed E-state index contributed by atoms with van der Waals surface area (Å²) in [4.78, 5) is 4.35. The van der Waals surface area contributed by atoms with Crippen LogP contribution in [0.25, 0.3) is 0 Å². The summed E-state index contributed by atoms with van der Waals surface area (Å²) < 4.78 is 0. The van der Waals surface area contributed by atoms with E-state index in [9.17, 15) is 0 Å². The predicted octanol–water partition coefficient (Wildman–Crippen LogP) is 2.57. The second-order valence-corrected chi connectivity index (χ2v) is 5.44. The molecule has 0 bridgehead atoms. The largest absolute Gasteiger partial charge is 0.396 e. The Morgan fingerprint density at radius 3 is 2.81 bits per heavy atom. The van der Waals surface area contributed by atoms with Crippen molar-refractivity contribution in [1.82, 2.24) is 4.98 Å². The molecular formula is C13H19N3. The Hall–Kier alpha value is -1.25. The number of nitrogens with one attached hydrogen (secondary N) is 1. The monoisotopic (exact) mass is 217 g/mol. The van der Waals surface area contributed by atoms with Gasteiger partial charge >= 0.3 is 0 Å². The maximum Gasteiger partial charge on any atom is 0.149 e. The summed E-state index contributed by atoms with van der Waals surface area (Å²) in [6, 6.07) is 1.98. The van der Waals surface area contributed by atoms with Crippen molar-refractivity contribution in [3.63, 3.8) is 0 Å². The number of nitrogens with two attached hydrogens (primary N) is 1. The van der Waals surface area contributed by atoms with Crippen molar-refractivity contribution in [2.45, 2.75) is 32.6 Å². The highest BCUT2D eigenvalue weighted by Crippen LogP contribution is 2.61. The number of aromatic nitrogens is 1. The lowest BCUT2D eigenvalue weighted by atomic mass is 10.0. The zero-order valence-electron chi connectivity index (χ0n) is 9.79. The van der Waals surface area contributed by atoms with E-state index in [1.165, 1.54) is 25.7 Å². The highest BCUT2D eigenvalue weighted by atomic mass is 15.0. The van der Waals surface area contributed by atoms with Gasteiger partial charge in [-0.05, 0) is 55.6 Å². The first kappa shape index (κ1) is 9.94. The van der Waals surface area contributed by atoms with Crippen LogP contribution in [0.4, 0.5) is 11.5 Å². The van der Waals surface area contributed by atoms with Crippen LogP contribution in [-0.2, 0) is 0 Å². The molecule has 2 saturated carbocycles. The minimum absolute atomic E-state index is 0.596. The van der Waals surface area contributed by atoms with E-state index >= 15 is 0 Å². The first-order valence-corrected chi connectivity index (χ1v) is 6.16. The molecule has 2 aliphatic rings. The number of hydrogen-bond acceptors (Lipinski definition) is 3. The topological polar surface area (TPSA) is 50.9 Å². The van der Waals surface area contributed by atoms with Crippen molar-refractivity contribution in [2.75, 3.05) is 17.6 Å². The van der Waals surface area contributed by atoms with E-state index in [2.05, 4.69) is 10.3 Å². The molecule has 0 spiro atoms. The molecule has 86 valence electrons. The molecule has 1 aromatic heterocycles. The predicted molar refractivity (Wildman–Crippen MR) is 66.3 cm³/mol. The number of pyridine rings is 1. The fraction of sp³-hybridized carbons (Fsp3) is 0.615. The quantitative estimate of drug-likeness (QED) is 0.815. The zero-order valence-corrected chi connectivity index (χ0v) is 9.79. The SMILES string of the molecule is Cc1cnc(NCC2(C3CC3)CC2)c(N)c1. The van der Waals surface area contributed by atoms with E-state index in [1.54, 1.807) is 0 Å². The molecule has 0 atom stereocenters. The second-order valence-electron chi connectivity index (χ2n) is 5.44. The molecule has 0 amide bonds. The third-order valence-electron chi connectivity index (χ3n) is 4.00. The Morgan fingerprint density at radius 2 is 2.25 bits per heavy atom. The molecule has 0 saturated heterocycles. The summed E-state index contributed by atoms with van der Waals surface area (Å²) in [5.74, 6) is 1.84. The Labute approximate surface area is 96.4 Å². The third kappa shape index (κ3) is 1.75. The van der Waals surface area contributed by atoms with Gasteiger partial charge in [0.05, 0.1) is 5.69 Å². The molecule has 3 N–H and O–H groups in total. The van der Waals surface area contributed by atoms with E-state index in [0.29, 0.717) is 5.41 Å². The molecule has 0 radical (unpaired) electrons. The molecular weight excluding hydrogens is 198 g/mol. The molecule has 0 aromatic carbocycles. The fourth-order valence-electron chi connectivity index (χ4n) is 2.58. The number of anilines is 2. The van der Waals surface area contributed by atoms with Gasteiger partial charge in [0, 0.05) is 12.7 Å². The molecule has 1 aromatic rings. The summed E-state index contributed by atoms with van der Waals surface area (Å²) in [6.45, 7) is 3.07. The maximum atomic E-state index is 5.94. The Morgan fingerprint density at radius 1 is 1.50 bits per heavy atom. The van der Waals surface area contributed by atoms with Crippen LogP contribution in [0.3, 0.4) is 0 Å². The first-order chi connectivity index (χ1) is 7.70. The number of hydrogen-bond donors (Lipinski definition) is 2. The van der Waals surface area contributed by atoms with Crippen LogP contribution in [0.5, 0.6) is 0 Å². The highest BCUT2D eigenvalue weighted by molar-refractivity contribution is 5.61. The van der Waals surface area contributed by atoms with Gasteiger partial charge in [-0.2, -0.15) is 0 Å². The third-order valence-corrected chi connectivity index (χ3v) is 4.00. The van der Waals surface area contributed by atoms with Gasteiger partial charge in [-0.25, -0.2) is 4.98 Å². The summed E-state index contributed by atoms with van der Waals surface area (Å²) in [6.07, 6.45) is 7.50. The lowest BCUT2D eigenvalue weighted by Gasteiger charge is -2.16. The van der Waals surface area contributed by atoms with Gasteiger partial charge < -0.3 is 11.1 Å². The van der Waals surface area contributed by atoms with Crippen LogP contribution in [-0.4, -0.2) is 11.5 Å². The molecule has 3 rings (SSSR count). The Bertz CT molecular complexity index is 406. The van der Waals surface area contributed by atoms with Crippen LogP contribution in [0, 0.1) is 18.3 Å². The van der Waals surface area contributed by atoms with E-state index in [-0.39, 0.29) is 0 Å². The second kappa shape index (κ2) is 3.37. The van der Waals surface area contributed by atoms with Gasteiger partial charge in [-0.3, -0.25) is 0 Å². The lowest BCUT2D eigenvalue weighted by molar-refractivity contribution is 0.466. The van der Waals surface area contributed by atoms with E-state index in [4.69, 9.17) is 5.73 Å². The van der Waals surface area contributed by atoms with Gasteiger partial charge in [-0.1, -0.05) is 0 Å². The zero-order chi connectivity index (χ0) is 11.2. The molecule has 0 unspecified atom stereocenters. The standard InChI is InChI=1S/C13H19N3/c1-9-6-11(14)12(15-7-9)16-8-13(4-5-13)10-2-3-10/h6-7,10H,2-5,8,14H2,1H3,(H,15,16). The van der Waals surface area contributed by atoms with E-state index in [1.807, 2.05) is 19.2 Å². The minimum Gasteiger partial charge on any atom is -0.396 e. The van der Waals surface area contributed by atoms with Crippen LogP contribution >= 0.6 is 0 Å². The van der Waals surface area contributed by atoms with Crippen LogP contribution in [0.1, 0.15) is 31.2 Å². The van der Waals surface area contributed by atoms with Crippen molar-refractivity contribution < 1.29 is 0 Å². The van der Waals surface area contributed by atoms with Crippen molar-refractivity contribution in [3.8, 4) is 0 Å². The Kier molecular flexibility index (Phi) is 2.09. The highest BCUT2D eigenvalue weighted by Gasteiger charge is 2.53. The van der Waals surface area contributed by atoms with E-state index < -0.39 is 0 Å². The summed E-state index contributed by atoms with van der Waals surface area (Å²) in [7, 11) is 0. The van der Waals surface area contributed by atoms with Crippen molar-refractivity contribution in [1.29, 1.82) is 0 Å². The fourth-order valence-corrected chi connectivity index (χ4v) is 2.58. The number of nitrogens with zero attached hydrogens (tertiary/aromatic N) is 1. The Balaban J connectivity index is 1.66. The van der Waals surface area contributed by atoms with Crippen LogP contribution < -0.4 is 11.1 Å². The van der Waals surface area contributed by atoms with Gasteiger partial charge in [0.2, 0.25) is 0 Å². The van der Waals surface area contributed by atoms with Gasteiger partial charge in [0.25, 0.3) is 0 Å². The molecule has 16 heavy (non-hydrogen) atoms. The molecule has 2 aliphatic carbocycles. The van der Waals surface area contributed by atoms with Gasteiger partial charge in [0.15, 0.2) is 0 Å². The summed E-state index contributed by atoms with van der Waals surface area (Å²) in [5.41, 5.74) is 8.42. The molecule has 2 fully saturated rings. The number of nitrogen functional groups attached to an aromatic ring is 1. The normalized spacial score (nSPS) is 21.8. The minimum atomic E-state index is 0.596. The van der Waals surface area contributed by atoms with Crippen molar-refractivity contribution in [2.24, 2.45) is 11.3 Å². The van der Waals surface area contributed by atoms with Crippen LogP contribution in [0.2, 0.25) is 0 Å². The molecule has 1 heterocycles. The summed E-state index contributed by atoms with van der Waals surface area (Å²) in [5, 5.41) is 3.43. The lowest BCUT2D eigenvalue weighted by Crippen LogP contribution is -2.18. The van der Waals surface area contributed by atoms with Gasteiger partial charge in [0.1, 0.15) is 5.82 Å². The van der Waals surface area contributed by atoms with Gasteiger partial charge in [-0.15, -0.1) is 0 Å². The number of aryl methyl sites for hydroxylation is 1.